The molecule has 3 rings (SSSR count). The Kier molecular flexibility index (Phi) is 3.75. The van der Waals surface area contributed by atoms with Gasteiger partial charge in [0.2, 0.25) is 5.95 Å². The molecule has 0 atom stereocenters. The third kappa shape index (κ3) is 2.89. The van der Waals surface area contributed by atoms with Crippen molar-refractivity contribution in [1.29, 1.82) is 0 Å². The molecular weight excluding hydrogens is 300 g/mol. The fourth-order valence-electron chi connectivity index (χ4n) is 1.96. The Morgan fingerprint density at radius 1 is 1.30 bits per heavy atom. The van der Waals surface area contributed by atoms with Crippen molar-refractivity contribution in [3.8, 4) is 0 Å². The van der Waals surface area contributed by atoms with Crippen molar-refractivity contribution < 1.29 is 9.53 Å². The van der Waals surface area contributed by atoms with Gasteiger partial charge in [0.05, 0.1) is 12.2 Å². The number of rotatable bonds is 4. The lowest BCUT2D eigenvalue weighted by Crippen LogP contribution is -2.19. The molecule has 0 saturated heterocycles. The molecule has 0 spiro atoms. The Morgan fingerprint density at radius 2 is 2.04 bits per heavy atom. The van der Waals surface area contributed by atoms with Crippen LogP contribution < -0.4 is 10.9 Å². The van der Waals surface area contributed by atoms with Gasteiger partial charge in [-0.2, -0.15) is 9.50 Å². The zero-order valence-electron chi connectivity index (χ0n) is 12.5. The first-order valence-corrected chi connectivity index (χ1v) is 6.94. The summed E-state index contributed by atoms with van der Waals surface area (Å²) in [7, 11) is 0. The van der Waals surface area contributed by atoms with Crippen molar-refractivity contribution in [3.63, 3.8) is 0 Å². The van der Waals surface area contributed by atoms with E-state index in [0.717, 1.165) is 0 Å². The maximum atomic E-state index is 11.9. The Morgan fingerprint density at radius 3 is 2.74 bits per heavy atom. The van der Waals surface area contributed by atoms with Crippen molar-refractivity contribution in [2.75, 3.05) is 11.9 Å². The number of anilines is 2. The van der Waals surface area contributed by atoms with Gasteiger partial charge in [-0.25, -0.2) is 4.79 Å². The molecule has 0 unspecified atom stereocenters. The minimum Gasteiger partial charge on any atom is -0.462 e. The molecule has 23 heavy (non-hydrogen) atoms. The van der Waals surface area contributed by atoms with E-state index in [2.05, 4.69) is 25.6 Å². The van der Waals surface area contributed by atoms with Crippen molar-refractivity contribution in [1.82, 2.24) is 24.8 Å². The zero-order valence-corrected chi connectivity index (χ0v) is 12.5. The lowest BCUT2D eigenvalue weighted by Gasteiger charge is -2.04. The molecule has 0 aliphatic heterocycles. The van der Waals surface area contributed by atoms with E-state index >= 15 is 0 Å². The minimum absolute atomic E-state index is 0.172. The average molecular weight is 314 g/mol. The van der Waals surface area contributed by atoms with Crippen LogP contribution in [-0.4, -0.2) is 37.4 Å². The van der Waals surface area contributed by atoms with Gasteiger partial charge in [0.25, 0.3) is 11.3 Å². The van der Waals surface area contributed by atoms with E-state index < -0.39 is 0 Å². The first-order valence-electron chi connectivity index (χ1n) is 6.94. The molecule has 2 N–H and O–H groups in total. The van der Waals surface area contributed by atoms with Gasteiger partial charge in [-0.1, -0.05) is 0 Å². The second-order valence-corrected chi connectivity index (χ2v) is 4.72. The Balaban J connectivity index is 1.83. The topological polar surface area (TPSA) is 114 Å². The molecule has 9 heteroatoms. The number of benzene rings is 1. The summed E-state index contributed by atoms with van der Waals surface area (Å²) in [6.45, 7) is 3.65. The molecule has 0 fully saturated rings. The van der Waals surface area contributed by atoms with E-state index in [1.54, 1.807) is 38.1 Å². The monoisotopic (exact) mass is 314 g/mol. The average Bonchev–Trinajstić information content (AvgIpc) is 2.95. The van der Waals surface area contributed by atoms with Gasteiger partial charge in [-0.15, -0.1) is 10.2 Å². The first-order chi connectivity index (χ1) is 11.1. The van der Waals surface area contributed by atoms with E-state index in [1.165, 1.54) is 4.52 Å². The highest BCUT2D eigenvalue weighted by Crippen LogP contribution is 2.14. The number of fused-ring (bicyclic) bond motifs is 1. The molecule has 0 aliphatic rings. The number of aromatic amines is 1. The van der Waals surface area contributed by atoms with E-state index in [1.807, 2.05) is 0 Å². The number of carbonyl (C=O) groups is 1. The summed E-state index contributed by atoms with van der Waals surface area (Å²) in [6, 6.07) is 6.69. The number of hydrogen-bond donors (Lipinski definition) is 2. The van der Waals surface area contributed by atoms with Crippen LogP contribution >= 0.6 is 0 Å². The summed E-state index contributed by atoms with van der Waals surface area (Å²) >= 11 is 0. The van der Waals surface area contributed by atoms with Gasteiger partial charge in [-0.3, -0.25) is 9.89 Å². The smallest absolute Gasteiger partial charge is 0.338 e. The summed E-state index contributed by atoms with van der Waals surface area (Å²) in [4.78, 5) is 27.6. The highest BCUT2D eigenvalue weighted by atomic mass is 16.5. The first kappa shape index (κ1) is 14.7. The number of aromatic nitrogens is 5. The SMILES string of the molecule is CCOC(=O)c1ccc(Nc2nc3nnc(C)c(=O)n3[nH]2)cc1. The van der Waals surface area contributed by atoms with Crippen LogP contribution in [0.15, 0.2) is 29.1 Å². The predicted octanol–water partition coefficient (Wildman–Crippen LogP) is 1.04. The number of H-pyrrole nitrogens is 1. The van der Waals surface area contributed by atoms with Crippen LogP contribution in [0.1, 0.15) is 23.0 Å². The molecular formula is C14H14N6O3. The molecule has 0 amide bonds. The summed E-state index contributed by atoms with van der Waals surface area (Å²) < 4.78 is 6.13. The van der Waals surface area contributed by atoms with Crippen LogP contribution in [-0.2, 0) is 4.74 Å². The van der Waals surface area contributed by atoms with Crippen LogP contribution in [0.2, 0.25) is 0 Å². The number of nitrogens with one attached hydrogen (secondary N) is 2. The van der Waals surface area contributed by atoms with Gasteiger partial charge in [0, 0.05) is 5.69 Å². The summed E-state index contributed by atoms with van der Waals surface area (Å²) in [5, 5.41) is 13.4. The highest BCUT2D eigenvalue weighted by Gasteiger charge is 2.09. The molecule has 1 aromatic carbocycles. The summed E-state index contributed by atoms with van der Waals surface area (Å²) in [6.07, 6.45) is 0. The van der Waals surface area contributed by atoms with Crippen LogP contribution in [0, 0.1) is 6.92 Å². The predicted molar refractivity (Wildman–Crippen MR) is 81.8 cm³/mol. The van der Waals surface area contributed by atoms with Crippen LogP contribution in [0.5, 0.6) is 0 Å². The normalized spacial score (nSPS) is 10.7. The third-order valence-corrected chi connectivity index (χ3v) is 3.09. The molecule has 118 valence electrons. The number of carbonyl (C=O) groups excluding carboxylic acids is 1. The molecule has 0 radical (unpaired) electrons. The fraction of sp³-hybridized carbons (Fsp3) is 0.214. The molecule has 2 heterocycles. The molecule has 3 aromatic rings. The summed E-state index contributed by atoms with van der Waals surface area (Å²) in [5.74, 6) is 0.136. The Labute approximate surface area is 130 Å². The van der Waals surface area contributed by atoms with Gasteiger partial charge in [-0.05, 0) is 38.1 Å². The second kappa shape index (κ2) is 5.87. The lowest BCUT2D eigenvalue weighted by molar-refractivity contribution is 0.0526. The highest BCUT2D eigenvalue weighted by molar-refractivity contribution is 5.89. The van der Waals surface area contributed by atoms with E-state index in [-0.39, 0.29) is 23.0 Å². The maximum Gasteiger partial charge on any atom is 0.338 e. The molecule has 0 bridgehead atoms. The van der Waals surface area contributed by atoms with Crippen LogP contribution in [0.25, 0.3) is 5.78 Å². The largest absolute Gasteiger partial charge is 0.462 e. The van der Waals surface area contributed by atoms with Gasteiger partial charge >= 0.3 is 5.97 Å². The van der Waals surface area contributed by atoms with Crippen molar-refractivity contribution in [2.45, 2.75) is 13.8 Å². The minimum atomic E-state index is -0.375. The molecule has 0 saturated carbocycles. The fourth-order valence-corrected chi connectivity index (χ4v) is 1.96. The van der Waals surface area contributed by atoms with Crippen LogP contribution in [0.4, 0.5) is 11.6 Å². The van der Waals surface area contributed by atoms with Gasteiger partial charge in [0.1, 0.15) is 5.69 Å². The molecule has 0 aliphatic carbocycles. The Hall–Kier alpha value is -3.23. The van der Waals surface area contributed by atoms with Crippen molar-refractivity contribution in [2.24, 2.45) is 0 Å². The molecule has 2 aromatic heterocycles. The number of aryl methyl sites for hydroxylation is 1. The quantitative estimate of drug-likeness (QED) is 0.691. The summed E-state index contributed by atoms with van der Waals surface area (Å²) in [5.41, 5.74) is 1.11. The van der Waals surface area contributed by atoms with E-state index in [0.29, 0.717) is 23.8 Å². The zero-order chi connectivity index (χ0) is 16.4. The lowest BCUT2D eigenvalue weighted by atomic mass is 10.2. The van der Waals surface area contributed by atoms with Crippen LogP contribution in [0.3, 0.4) is 0 Å². The van der Waals surface area contributed by atoms with Gasteiger partial charge < -0.3 is 10.1 Å². The second-order valence-electron chi connectivity index (χ2n) is 4.72. The molecule has 9 nitrogen and oxygen atoms in total. The maximum absolute atomic E-state index is 11.9. The standard InChI is InChI=1S/C14H14N6O3/c1-3-23-12(22)9-4-6-10(7-5-9)15-13-16-14-18-17-8(2)11(21)20(14)19-13/h4-7H,3H2,1-2H3,(H2,15,16,18,19). The van der Waals surface area contributed by atoms with Crippen molar-refractivity contribution in [3.05, 3.63) is 45.9 Å². The number of nitrogens with zero attached hydrogens (tertiary/aromatic N) is 4. The van der Waals surface area contributed by atoms with E-state index in [4.69, 9.17) is 4.74 Å². The van der Waals surface area contributed by atoms with Crippen molar-refractivity contribution >= 4 is 23.4 Å². The third-order valence-electron chi connectivity index (χ3n) is 3.09. The number of esters is 1. The van der Waals surface area contributed by atoms with Gasteiger partial charge in [0.15, 0.2) is 0 Å². The Bertz CT molecular complexity index is 912. The number of ether oxygens (including phenoxy) is 1. The van der Waals surface area contributed by atoms with E-state index in [9.17, 15) is 9.59 Å². The number of hydrogen-bond acceptors (Lipinski definition) is 7.